The SMILES string of the molecule is Cc1nc(C(C)C)nc2c1C(CN)CC2. The second-order valence-electron chi connectivity index (χ2n) is 4.65. The molecule has 2 N–H and O–H groups in total. The van der Waals surface area contributed by atoms with Gasteiger partial charge in [0, 0.05) is 23.2 Å². The van der Waals surface area contributed by atoms with Crippen molar-refractivity contribution in [2.45, 2.75) is 45.4 Å². The monoisotopic (exact) mass is 205 g/mol. The maximum absolute atomic E-state index is 5.76. The molecule has 3 nitrogen and oxygen atoms in total. The minimum absolute atomic E-state index is 0.408. The van der Waals surface area contributed by atoms with Gasteiger partial charge in [-0.3, -0.25) is 0 Å². The first-order chi connectivity index (χ1) is 7.13. The van der Waals surface area contributed by atoms with E-state index < -0.39 is 0 Å². The molecular formula is C12H19N3. The first-order valence-corrected chi connectivity index (χ1v) is 5.70. The van der Waals surface area contributed by atoms with Gasteiger partial charge in [0.2, 0.25) is 0 Å². The highest BCUT2D eigenvalue weighted by Crippen LogP contribution is 2.33. The van der Waals surface area contributed by atoms with E-state index >= 15 is 0 Å². The zero-order valence-electron chi connectivity index (χ0n) is 9.75. The van der Waals surface area contributed by atoms with E-state index in [9.17, 15) is 0 Å². The van der Waals surface area contributed by atoms with Gasteiger partial charge in [-0.05, 0) is 31.9 Å². The van der Waals surface area contributed by atoms with Gasteiger partial charge in [-0.2, -0.15) is 0 Å². The average molecular weight is 205 g/mol. The second kappa shape index (κ2) is 3.89. The zero-order valence-corrected chi connectivity index (χ0v) is 9.75. The Labute approximate surface area is 91.1 Å². The van der Waals surface area contributed by atoms with Crippen LogP contribution in [0.1, 0.15) is 54.9 Å². The summed E-state index contributed by atoms with van der Waals surface area (Å²) in [7, 11) is 0. The predicted molar refractivity (Wildman–Crippen MR) is 61.0 cm³/mol. The average Bonchev–Trinajstić information content (AvgIpc) is 2.60. The smallest absolute Gasteiger partial charge is 0.131 e. The van der Waals surface area contributed by atoms with Crippen LogP contribution in [0.2, 0.25) is 0 Å². The summed E-state index contributed by atoms with van der Waals surface area (Å²) in [5.41, 5.74) is 9.45. The molecule has 1 aromatic heterocycles. The van der Waals surface area contributed by atoms with Crippen molar-refractivity contribution in [1.29, 1.82) is 0 Å². The third kappa shape index (κ3) is 1.76. The van der Waals surface area contributed by atoms with Gasteiger partial charge in [-0.1, -0.05) is 13.8 Å². The Balaban J connectivity index is 2.46. The van der Waals surface area contributed by atoms with E-state index in [1.54, 1.807) is 0 Å². The minimum atomic E-state index is 0.408. The minimum Gasteiger partial charge on any atom is -0.330 e. The van der Waals surface area contributed by atoms with Crippen LogP contribution >= 0.6 is 0 Å². The quantitative estimate of drug-likeness (QED) is 0.802. The zero-order chi connectivity index (χ0) is 11.0. The molecule has 1 unspecified atom stereocenters. The summed E-state index contributed by atoms with van der Waals surface area (Å²) in [6, 6.07) is 0. The lowest BCUT2D eigenvalue weighted by Crippen LogP contribution is -2.12. The summed E-state index contributed by atoms with van der Waals surface area (Å²) in [5, 5.41) is 0. The lowest BCUT2D eigenvalue weighted by atomic mass is 10.0. The van der Waals surface area contributed by atoms with Crippen LogP contribution in [0.4, 0.5) is 0 Å². The number of nitrogens with zero attached hydrogens (tertiary/aromatic N) is 2. The van der Waals surface area contributed by atoms with Gasteiger partial charge < -0.3 is 5.73 Å². The molecule has 0 bridgehead atoms. The molecule has 0 fully saturated rings. The van der Waals surface area contributed by atoms with Gasteiger partial charge in [0.15, 0.2) is 0 Å². The normalized spacial score (nSPS) is 19.7. The van der Waals surface area contributed by atoms with Crippen molar-refractivity contribution < 1.29 is 0 Å². The highest BCUT2D eigenvalue weighted by molar-refractivity contribution is 5.34. The Hall–Kier alpha value is -0.960. The number of hydrogen-bond acceptors (Lipinski definition) is 3. The molecule has 0 saturated carbocycles. The topological polar surface area (TPSA) is 51.8 Å². The summed E-state index contributed by atoms with van der Waals surface area (Å²) < 4.78 is 0. The highest BCUT2D eigenvalue weighted by atomic mass is 14.9. The molecule has 0 amide bonds. The summed E-state index contributed by atoms with van der Waals surface area (Å²) in [6.45, 7) is 7.08. The fourth-order valence-corrected chi connectivity index (χ4v) is 2.34. The van der Waals surface area contributed by atoms with Gasteiger partial charge in [0.25, 0.3) is 0 Å². The van der Waals surface area contributed by atoms with Crippen LogP contribution in [-0.2, 0) is 6.42 Å². The van der Waals surface area contributed by atoms with Crippen molar-refractivity contribution in [3.8, 4) is 0 Å². The number of fused-ring (bicyclic) bond motifs is 1. The second-order valence-corrected chi connectivity index (χ2v) is 4.65. The van der Waals surface area contributed by atoms with Crippen LogP contribution in [0.3, 0.4) is 0 Å². The number of hydrogen-bond donors (Lipinski definition) is 1. The molecule has 0 radical (unpaired) electrons. The summed E-state index contributed by atoms with van der Waals surface area (Å²) in [5.74, 6) is 1.87. The molecule has 82 valence electrons. The molecule has 1 atom stereocenters. The Kier molecular flexibility index (Phi) is 2.74. The molecule has 2 rings (SSSR count). The van der Waals surface area contributed by atoms with Crippen molar-refractivity contribution in [1.82, 2.24) is 9.97 Å². The standard InChI is InChI=1S/C12H19N3/c1-7(2)12-14-8(3)11-9(6-13)4-5-10(11)15-12/h7,9H,4-6,13H2,1-3H3. The Morgan fingerprint density at radius 3 is 2.73 bits per heavy atom. The largest absolute Gasteiger partial charge is 0.330 e. The van der Waals surface area contributed by atoms with Gasteiger partial charge in [-0.15, -0.1) is 0 Å². The van der Waals surface area contributed by atoms with Crippen LogP contribution < -0.4 is 5.73 Å². The molecule has 15 heavy (non-hydrogen) atoms. The first-order valence-electron chi connectivity index (χ1n) is 5.70. The molecular weight excluding hydrogens is 186 g/mol. The summed E-state index contributed by atoms with van der Waals surface area (Å²) in [4.78, 5) is 9.22. The van der Waals surface area contributed by atoms with Gasteiger partial charge in [0.05, 0.1) is 0 Å². The van der Waals surface area contributed by atoms with E-state index in [-0.39, 0.29) is 0 Å². The molecule has 1 aliphatic carbocycles. The molecule has 0 aliphatic heterocycles. The lowest BCUT2D eigenvalue weighted by Gasteiger charge is -2.12. The predicted octanol–water partition coefficient (Wildman–Crippen LogP) is 1.90. The fraction of sp³-hybridized carbons (Fsp3) is 0.667. The van der Waals surface area contributed by atoms with Crippen LogP contribution in [0.5, 0.6) is 0 Å². The third-order valence-corrected chi connectivity index (χ3v) is 3.17. The first kappa shape index (κ1) is 10.6. The van der Waals surface area contributed by atoms with Crippen molar-refractivity contribution in [2.24, 2.45) is 5.73 Å². The molecule has 1 heterocycles. The summed E-state index contributed by atoms with van der Waals surface area (Å²) in [6.07, 6.45) is 2.21. The summed E-state index contributed by atoms with van der Waals surface area (Å²) >= 11 is 0. The molecule has 0 saturated heterocycles. The number of nitrogens with two attached hydrogens (primary N) is 1. The van der Waals surface area contributed by atoms with Crippen LogP contribution in [0, 0.1) is 6.92 Å². The van der Waals surface area contributed by atoms with Crippen LogP contribution in [0.25, 0.3) is 0 Å². The molecule has 1 aromatic rings. The molecule has 1 aliphatic rings. The van der Waals surface area contributed by atoms with Gasteiger partial charge >= 0.3 is 0 Å². The maximum atomic E-state index is 5.76. The van der Waals surface area contributed by atoms with Crippen molar-refractivity contribution in [2.75, 3.05) is 6.54 Å². The molecule has 0 aromatic carbocycles. The van der Waals surface area contributed by atoms with Crippen molar-refractivity contribution in [3.63, 3.8) is 0 Å². The van der Waals surface area contributed by atoms with Gasteiger partial charge in [0.1, 0.15) is 5.82 Å². The molecule has 0 spiro atoms. The van der Waals surface area contributed by atoms with E-state index in [0.717, 1.165) is 30.9 Å². The van der Waals surface area contributed by atoms with Gasteiger partial charge in [-0.25, -0.2) is 9.97 Å². The number of rotatable bonds is 2. The number of aromatic nitrogens is 2. The van der Waals surface area contributed by atoms with E-state index in [1.807, 2.05) is 0 Å². The number of aryl methyl sites for hydroxylation is 2. The Morgan fingerprint density at radius 1 is 1.40 bits per heavy atom. The highest BCUT2D eigenvalue weighted by Gasteiger charge is 2.26. The van der Waals surface area contributed by atoms with Crippen molar-refractivity contribution >= 4 is 0 Å². The van der Waals surface area contributed by atoms with E-state index in [4.69, 9.17) is 5.73 Å². The van der Waals surface area contributed by atoms with E-state index in [1.165, 1.54) is 11.3 Å². The Morgan fingerprint density at radius 2 is 2.13 bits per heavy atom. The molecule has 3 heteroatoms. The fourth-order valence-electron chi connectivity index (χ4n) is 2.34. The van der Waals surface area contributed by atoms with Crippen LogP contribution in [-0.4, -0.2) is 16.5 Å². The maximum Gasteiger partial charge on any atom is 0.131 e. The lowest BCUT2D eigenvalue weighted by molar-refractivity contribution is 0.682. The third-order valence-electron chi connectivity index (χ3n) is 3.17. The van der Waals surface area contributed by atoms with Crippen LogP contribution in [0.15, 0.2) is 0 Å². The van der Waals surface area contributed by atoms with Crippen molar-refractivity contribution in [3.05, 3.63) is 22.8 Å². The van der Waals surface area contributed by atoms with E-state index in [2.05, 4.69) is 30.7 Å². The Bertz CT molecular complexity index is 371. The van der Waals surface area contributed by atoms with E-state index in [0.29, 0.717) is 11.8 Å².